The number of hydrogen-bond donors (Lipinski definition) is 3. The molecule has 3 aliphatic heterocycles. The van der Waals surface area contributed by atoms with Gasteiger partial charge in [0.25, 0.3) is 0 Å². The average Bonchev–Trinajstić information content (AvgIpc) is 3.59. The predicted octanol–water partition coefficient (Wildman–Crippen LogP) is 5.40. The summed E-state index contributed by atoms with van der Waals surface area (Å²) >= 11 is 0. The van der Waals surface area contributed by atoms with E-state index < -0.39 is 103 Å². The SMILES string of the molecule is COC1CC(OC2CCC3(C)C(=CCC4C3CC(OC(=O)c3ccccc3)C3(C)C(C(C)OC(C)=O)CCC43O)C2)OC(C)C1OC1CC(OC)C(OC2OC(C)C(O)C(OC)C2O)C(C)O1. The van der Waals surface area contributed by atoms with Crippen molar-refractivity contribution in [3.05, 3.63) is 47.5 Å². The van der Waals surface area contributed by atoms with E-state index in [1.54, 1.807) is 33.3 Å². The number of carbonyl (C=O) groups is 2. The van der Waals surface area contributed by atoms with Crippen molar-refractivity contribution in [1.82, 2.24) is 0 Å². The molecule has 0 radical (unpaired) electrons. The van der Waals surface area contributed by atoms with Gasteiger partial charge in [0.2, 0.25) is 0 Å². The first-order valence-electron chi connectivity index (χ1n) is 24.6. The van der Waals surface area contributed by atoms with Crippen LogP contribution >= 0.6 is 0 Å². The van der Waals surface area contributed by atoms with Gasteiger partial charge >= 0.3 is 11.9 Å². The molecule has 7 aliphatic rings. The maximum absolute atomic E-state index is 13.8. The third kappa shape index (κ3) is 9.41. The minimum atomic E-state index is -1.22. The number of ether oxygens (including phenoxy) is 11. The van der Waals surface area contributed by atoms with E-state index in [-0.39, 0.29) is 41.3 Å². The van der Waals surface area contributed by atoms with E-state index >= 15 is 0 Å². The van der Waals surface area contributed by atoms with Crippen LogP contribution in [0.15, 0.2) is 42.0 Å². The lowest BCUT2D eigenvalue weighted by Gasteiger charge is -2.63. The van der Waals surface area contributed by atoms with Gasteiger partial charge in [-0.15, -0.1) is 0 Å². The Morgan fingerprint density at radius 2 is 1.40 bits per heavy atom. The second kappa shape index (κ2) is 20.3. The third-order valence-corrected chi connectivity index (χ3v) is 17.4. The molecule has 0 aromatic heterocycles. The fraction of sp³-hybridized carbons (Fsp3) is 0.804. The molecular formula is C51H76O16. The van der Waals surface area contributed by atoms with Crippen LogP contribution < -0.4 is 0 Å². The summed E-state index contributed by atoms with van der Waals surface area (Å²) in [7, 11) is 4.68. The Bertz CT molecular complexity index is 1900. The van der Waals surface area contributed by atoms with E-state index in [1.165, 1.54) is 19.6 Å². The molecule has 0 spiro atoms. The topological polar surface area (TPSA) is 196 Å². The number of rotatable bonds is 13. The smallest absolute Gasteiger partial charge is 0.338 e. The molecule has 22 atom stereocenters. The van der Waals surface area contributed by atoms with Gasteiger partial charge in [-0.2, -0.15) is 0 Å². The summed E-state index contributed by atoms with van der Waals surface area (Å²) in [5.74, 6) is -1.01. The number of methoxy groups -OCH3 is 3. The molecule has 67 heavy (non-hydrogen) atoms. The van der Waals surface area contributed by atoms with Gasteiger partial charge < -0.3 is 67.4 Å². The lowest BCUT2D eigenvalue weighted by molar-refractivity contribution is -0.352. The Labute approximate surface area is 395 Å². The molecule has 4 aliphatic carbocycles. The maximum atomic E-state index is 13.8. The van der Waals surface area contributed by atoms with Crippen LogP contribution in [0.2, 0.25) is 0 Å². The largest absolute Gasteiger partial charge is 0.463 e. The van der Waals surface area contributed by atoms with Crippen molar-refractivity contribution in [2.45, 2.75) is 210 Å². The number of fused-ring (bicyclic) bond motifs is 5. The first-order chi connectivity index (χ1) is 31.9. The van der Waals surface area contributed by atoms with Crippen LogP contribution in [0.1, 0.15) is 117 Å². The Morgan fingerprint density at radius 1 is 0.761 bits per heavy atom. The van der Waals surface area contributed by atoms with Crippen LogP contribution in [0.5, 0.6) is 0 Å². The van der Waals surface area contributed by atoms with Crippen LogP contribution in [0.4, 0.5) is 0 Å². The zero-order valence-corrected chi connectivity index (χ0v) is 40.9. The van der Waals surface area contributed by atoms with Crippen LogP contribution in [0, 0.1) is 28.6 Å². The molecule has 0 amide bonds. The molecule has 376 valence electrons. The van der Waals surface area contributed by atoms with E-state index in [0.717, 1.165) is 12.8 Å². The second-order valence-electron chi connectivity index (χ2n) is 20.9. The highest BCUT2D eigenvalue weighted by atomic mass is 16.8. The van der Waals surface area contributed by atoms with E-state index in [2.05, 4.69) is 19.9 Å². The molecule has 16 nitrogen and oxygen atoms in total. The average molecular weight is 945 g/mol. The van der Waals surface area contributed by atoms with Crippen LogP contribution in [-0.4, -0.2) is 152 Å². The summed E-state index contributed by atoms with van der Waals surface area (Å²) in [6.07, 6.45) is -2.10. The lowest BCUT2D eigenvalue weighted by atomic mass is 9.44. The molecule has 8 rings (SSSR count). The molecular weight excluding hydrogens is 869 g/mol. The minimum Gasteiger partial charge on any atom is -0.463 e. The molecule has 6 fully saturated rings. The van der Waals surface area contributed by atoms with Gasteiger partial charge in [-0.05, 0) is 102 Å². The van der Waals surface area contributed by atoms with Crippen LogP contribution in [0.3, 0.4) is 0 Å². The predicted molar refractivity (Wildman–Crippen MR) is 240 cm³/mol. The van der Waals surface area contributed by atoms with Crippen molar-refractivity contribution < 1.29 is 77.0 Å². The van der Waals surface area contributed by atoms with Gasteiger partial charge in [0, 0.05) is 52.4 Å². The Balaban J connectivity index is 0.913. The third-order valence-electron chi connectivity index (χ3n) is 17.4. The van der Waals surface area contributed by atoms with Crippen molar-refractivity contribution in [2.75, 3.05) is 21.3 Å². The number of esters is 2. The quantitative estimate of drug-likeness (QED) is 0.168. The standard InChI is InChI=1S/C51H76O16/c1-26(60-30(5)52)34-19-21-51(56)35-17-16-32-22-33(18-20-49(32,6)36(35)23-39(50(34,51)7)65-47(55)31-14-12-11-13-15-31)64-40-24-37(57-8)44(28(3)61-40)66-41-25-38(58-9)45(29(4)62-41)67-48-43(54)46(59-10)42(53)27(2)63-48/h11-16,26-29,33-46,48,53-54,56H,17-25H2,1-10H3. The number of aliphatic hydroxyl groups is 3. The highest BCUT2D eigenvalue weighted by Gasteiger charge is 2.72. The van der Waals surface area contributed by atoms with Gasteiger partial charge in [-0.1, -0.05) is 43.7 Å². The monoisotopic (exact) mass is 945 g/mol. The van der Waals surface area contributed by atoms with Gasteiger partial charge in [0.1, 0.15) is 42.7 Å². The summed E-state index contributed by atoms with van der Waals surface area (Å²) in [5, 5.41) is 34.5. The summed E-state index contributed by atoms with van der Waals surface area (Å²) in [6.45, 7) is 13.2. The van der Waals surface area contributed by atoms with Gasteiger partial charge in [0.05, 0.1) is 47.8 Å². The van der Waals surface area contributed by atoms with Gasteiger partial charge in [-0.3, -0.25) is 4.79 Å². The van der Waals surface area contributed by atoms with E-state index in [1.807, 2.05) is 39.0 Å². The maximum Gasteiger partial charge on any atom is 0.338 e. The molecule has 16 heteroatoms. The molecule has 3 saturated carbocycles. The van der Waals surface area contributed by atoms with Gasteiger partial charge in [0.15, 0.2) is 18.9 Å². The van der Waals surface area contributed by atoms with Crippen molar-refractivity contribution in [3.63, 3.8) is 0 Å². The van der Waals surface area contributed by atoms with Crippen molar-refractivity contribution in [1.29, 1.82) is 0 Å². The summed E-state index contributed by atoms with van der Waals surface area (Å²) in [4.78, 5) is 26.0. The Hall–Kier alpha value is -2.58. The normalized spacial score (nSPS) is 46.9. The number of aliphatic hydroxyl groups excluding tert-OH is 2. The number of hydrogen-bond acceptors (Lipinski definition) is 16. The molecule has 1 aromatic carbocycles. The number of allylic oxidation sites excluding steroid dienone is 1. The first kappa shape index (κ1) is 50.8. The highest BCUT2D eigenvalue weighted by Crippen LogP contribution is 2.69. The minimum absolute atomic E-state index is 0.0433. The molecule has 22 unspecified atom stereocenters. The molecule has 1 aromatic rings. The molecule has 3 saturated heterocycles. The molecule has 3 heterocycles. The fourth-order valence-corrected chi connectivity index (χ4v) is 13.7. The van der Waals surface area contributed by atoms with Crippen molar-refractivity contribution in [2.24, 2.45) is 28.6 Å². The Morgan fingerprint density at radius 3 is 2.03 bits per heavy atom. The van der Waals surface area contributed by atoms with E-state index in [9.17, 15) is 24.9 Å². The molecule has 0 bridgehead atoms. The summed E-state index contributed by atoms with van der Waals surface area (Å²) in [6, 6.07) is 9.00. The zero-order chi connectivity index (χ0) is 48.2. The lowest BCUT2D eigenvalue weighted by Crippen LogP contribution is -2.67. The van der Waals surface area contributed by atoms with E-state index in [4.69, 9.17) is 52.1 Å². The van der Waals surface area contributed by atoms with Crippen molar-refractivity contribution in [3.8, 4) is 0 Å². The fourth-order valence-electron chi connectivity index (χ4n) is 13.7. The Kier molecular flexibility index (Phi) is 15.4. The van der Waals surface area contributed by atoms with Crippen molar-refractivity contribution >= 4 is 11.9 Å². The zero-order valence-electron chi connectivity index (χ0n) is 40.9. The first-order valence-corrected chi connectivity index (χ1v) is 24.6. The summed E-state index contributed by atoms with van der Waals surface area (Å²) < 4.78 is 68.0. The second-order valence-corrected chi connectivity index (χ2v) is 20.9. The van der Waals surface area contributed by atoms with Crippen LogP contribution in [-0.2, 0) is 56.9 Å². The number of benzene rings is 1. The molecule has 3 N–H and O–H groups in total. The van der Waals surface area contributed by atoms with E-state index in [0.29, 0.717) is 50.5 Å². The number of carbonyl (C=O) groups excluding carboxylic acids is 2. The van der Waals surface area contributed by atoms with Crippen LogP contribution in [0.25, 0.3) is 0 Å². The summed E-state index contributed by atoms with van der Waals surface area (Å²) in [5.41, 5.74) is -0.495. The van der Waals surface area contributed by atoms with Gasteiger partial charge in [-0.25, -0.2) is 4.79 Å². The highest BCUT2D eigenvalue weighted by molar-refractivity contribution is 5.89.